The molecule has 94 valence electrons. The van der Waals surface area contributed by atoms with Crippen LogP contribution in [0, 0.1) is 6.92 Å². The number of carbonyl (C=O) groups is 1. The molecule has 0 bridgehead atoms. The molecule has 0 N–H and O–H groups in total. The van der Waals surface area contributed by atoms with Gasteiger partial charge in [-0.25, -0.2) is 4.79 Å². The van der Waals surface area contributed by atoms with Crippen molar-refractivity contribution in [3.63, 3.8) is 0 Å². The fourth-order valence-corrected chi connectivity index (χ4v) is 1.93. The Hall–Kier alpha value is -2.03. The van der Waals surface area contributed by atoms with Crippen LogP contribution in [0.5, 0.6) is 0 Å². The van der Waals surface area contributed by atoms with Crippen LogP contribution in [0.4, 0.5) is 0 Å². The highest BCUT2D eigenvalue weighted by molar-refractivity contribution is 5.90. The van der Waals surface area contributed by atoms with E-state index in [1.54, 1.807) is 0 Å². The van der Waals surface area contributed by atoms with Crippen LogP contribution in [0.1, 0.15) is 28.5 Å². The molecular weight excluding hydrogens is 226 g/mol. The number of benzene rings is 1. The highest BCUT2D eigenvalue weighted by Crippen LogP contribution is 2.13. The first-order valence-corrected chi connectivity index (χ1v) is 6.09. The van der Waals surface area contributed by atoms with Gasteiger partial charge in [0.25, 0.3) is 0 Å². The molecule has 0 aliphatic carbocycles. The zero-order valence-corrected chi connectivity index (χ0v) is 10.7. The topological polar surface area (TPSA) is 31.2 Å². The Kier molecular flexibility index (Phi) is 3.82. The summed E-state index contributed by atoms with van der Waals surface area (Å²) in [7, 11) is 0. The minimum Gasteiger partial charge on any atom is -0.462 e. The van der Waals surface area contributed by atoms with Crippen molar-refractivity contribution < 1.29 is 9.53 Å². The van der Waals surface area contributed by atoms with Crippen LogP contribution in [0.25, 0.3) is 0 Å². The van der Waals surface area contributed by atoms with E-state index >= 15 is 0 Å². The summed E-state index contributed by atoms with van der Waals surface area (Å²) in [5.74, 6) is -0.248. The van der Waals surface area contributed by atoms with Crippen LogP contribution < -0.4 is 0 Å². The third-order valence-electron chi connectivity index (χ3n) is 2.93. The van der Waals surface area contributed by atoms with Crippen molar-refractivity contribution in [3.8, 4) is 0 Å². The number of hydrogen-bond acceptors (Lipinski definition) is 2. The Balaban J connectivity index is 2.18. The first-order chi connectivity index (χ1) is 8.72. The zero-order valence-electron chi connectivity index (χ0n) is 10.7. The molecular formula is C15H17NO2. The van der Waals surface area contributed by atoms with Gasteiger partial charge in [0.05, 0.1) is 12.2 Å². The van der Waals surface area contributed by atoms with Crippen molar-refractivity contribution in [2.75, 3.05) is 6.61 Å². The number of aromatic nitrogens is 1. The van der Waals surface area contributed by atoms with Crippen LogP contribution in [-0.2, 0) is 11.3 Å². The van der Waals surface area contributed by atoms with Crippen LogP contribution in [0.3, 0.4) is 0 Å². The van der Waals surface area contributed by atoms with E-state index in [1.165, 1.54) is 5.56 Å². The van der Waals surface area contributed by atoms with Crippen molar-refractivity contribution in [1.82, 2.24) is 4.57 Å². The molecule has 3 heteroatoms. The van der Waals surface area contributed by atoms with Gasteiger partial charge < -0.3 is 9.30 Å². The maximum Gasteiger partial charge on any atom is 0.339 e. The van der Waals surface area contributed by atoms with Crippen LogP contribution >= 0.6 is 0 Å². The Morgan fingerprint density at radius 2 is 1.94 bits per heavy atom. The molecule has 0 spiro atoms. The van der Waals surface area contributed by atoms with E-state index in [2.05, 4.69) is 16.7 Å². The number of rotatable bonds is 4. The summed E-state index contributed by atoms with van der Waals surface area (Å²) in [6.45, 7) is 4.93. The molecule has 0 radical (unpaired) electrons. The van der Waals surface area contributed by atoms with E-state index < -0.39 is 0 Å². The van der Waals surface area contributed by atoms with E-state index in [0.717, 1.165) is 12.2 Å². The summed E-state index contributed by atoms with van der Waals surface area (Å²) in [5, 5.41) is 0. The quantitative estimate of drug-likeness (QED) is 0.773. The molecule has 0 amide bonds. The second-order valence-corrected chi connectivity index (χ2v) is 4.15. The number of ether oxygens (including phenoxy) is 1. The Labute approximate surface area is 107 Å². The molecule has 0 unspecified atom stereocenters. The summed E-state index contributed by atoms with van der Waals surface area (Å²) in [5.41, 5.74) is 2.80. The maximum absolute atomic E-state index is 11.7. The van der Waals surface area contributed by atoms with Gasteiger partial charge >= 0.3 is 5.97 Å². The minimum atomic E-state index is -0.248. The monoisotopic (exact) mass is 243 g/mol. The van der Waals surface area contributed by atoms with E-state index in [-0.39, 0.29) is 5.97 Å². The fourth-order valence-electron chi connectivity index (χ4n) is 1.93. The maximum atomic E-state index is 11.7. The van der Waals surface area contributed by atoms with Crippen molar-refractivity contribution in [1.29, 1.82) is 0 Å². The lowest BCUT2D eigenvalue weighted by molar-refractivity contribution is 0.0525. The van der Waals surface area contributed by atoms with Gasteiger partial charge in [0.15, 0.2) is 0 Å². The molecule has 0 aliphatic heterocycles. The highest BCUT2D eigenvalue weighted by atomic mass is 16.5. The first-order valence-electron chi connectivity index (χ1n) is 6.09. The van der Waals surface area contributed by atoms with Crippen molar-refractivity contribution in [2.24, 2.45) is 0 Å². The second kappa shape index (κ2) is 5.54. The molecule has 2 aromatic rings. The van der Waals surface area contributed by atoms with Gasteiger partial charge in [0, 0.05) is 18.4 Å². The van der Waals surface area contributed by atoms with E-state index in [9.17, 15) is 4.79 Å². The molecule has 2 rings (SSSR count). The number of nitrogens with zero attached hydrogens (tertiary/aromatic N) is 1. The predicted molar refractivity (Wildman–Crippen MR) is 70.7 cm³/mol. The largest absolute Gasteiger partial charge is 0.462 e. The SMILES string of the molecule is CCOC(=O)c1ccn(Cc2ccccc2)c1C. The average molecular weight is 243 g/mol. The molecule has 3 nitrogen and oxygen atoms in total. The lowest BCUT2D eigenvalue weighted by Crippen LogP contribution is -2.07. The number of carbonyl (C=O) groups excluding carboxylic acids is 1. The standard InChI is InChI=1S/C15H17NO2/c1-3-18-15(17)14-9-10-16(12(14)2)11-13-7-5-4-6-8-13/h4-10H,3,11H2,1-2H3. The third-order valence-corrected chi connectivity index (χ3v) is 2.93. The van der Waals surface area contributed by atoms with Gasteiger partial charge in [-0.05, 0) is 25.5 Å². The van der Waals surface area contributed by atoms with Crippen molar-refractivity contribution in [3.05, 3.63) is 59.4 Å². The van der Waals surface area contributed by atoms with Crippen LogP contribution in [0.2, 0.25) is 0 Å². The highest BCUT2D eigenvalue weighted by Gasteiger charge is 2.13. The average Bonchev–Trinajstić information content (AvgIpc) is 2.73. The van der Waals surface area contributed by atoms with Gasteiger partial charge in [-0.1, -0.05) is 30.3 Å². The lowest BCUT2D eigenvalue weighted by atomic mass is 10.2. The Morgan fingerprint density at radius 1 is 1.22 bits per heavy atom. The van der Waals surface area contributed by atoms with E-state index in [0.29, 0.717) is 12.2 Å². The molecule has 0 aliphatic rings. The molecule has 1 aromatic carbocycles. The minimum absolute atomic E-state index is 0.248. The summed E-state index contributed by atoms with van der Waals surface area (Å²) in [6.07, 6.45) is 1.93. The van der Waals surface area contributed by atoms with Gasteiger partial charge in [-0.2, -0.15) is 0 Å². The molecule has 1 aromatic heterocycles. The fraction of sp³-hybridized carbons (Fsp3) is 0.267. The molecule has 18 heavy (non-hydrogen) atoms. The van der Waals surface area contributed by atoms with Gasteiger partial charge in [-0.15, -0.1) is 0 Å². The second-order valence-electron chi connectivity index (χ2n) is 4.15. The van der Waals surface area contributed by atoms with Crippen LogP contribution in [0.15, 0.2) is 42.6 Å². The summed E-state index contributed by atoms with van der Waals surface area (Å²) in [4.78, 5) is 11.7. The Morgan fingerprint density at radius 3 is 2.61 bits per heavy atom. The molecule has 0 saturated heterocycles. The first kappa shape index (κ1) is 12.4. The van der Waals surface area contributed by atoms with Gasteiger partial charge in [0.1, 0.15) is 0 Å². The number of hydrogen-bond donors (Lipinski definition) is 0. The Bertz CT molecular complexity index is 529. The smallest absolute Gasteiger partial charge is 0.339 e. The van der Waals surface area contributed by atoms with Gasteiger partial charge in [-0.3, -0.25) is 0 Å². The lowest BCUT2D eigenvalue weighted by Gasteiger charge is -2.07. The van der Waals surface area contributed by atoms with Crippen molar-refractivity contribution >= 4 is 5.97 Å². The van der Waals surface area contributed by atoms with E-state index in [1.807, 2.05) is 44.3 Å². The summed E-state index contributed by atoms with van der Waals surface area (Å²) >= 11 is 0. The predicted octanol–water partition coefficient (Wildman–Crippen LogP) is 3.02. The van der Waals surface area contributed by atoms with E-state index in [4.69, 9.17) is 4.74 Å². The zero-order chi connectivity index (χ0) is 13.0. The number of esters is 1. The normalized spacial score (nSPS) is 10.3. The molecule has 0 atom stereocenters. The summed E-state index contributed by atoms with van der Waals surface area (Å²) < 4.78 is 7.08. The molecule has 0 saturated carbocycles. The molecule has 0 fully saturated rings. The van der Waals surface area contributed by atoms with Gasteiger partial charge in [0.2, 0.25) is 0 Å². The summed E-state index contributed by atoms with van der Waals surface area (Å²) in [6, 6.07) is 12.0. The van der Waals surface area contributed by atoms with Crippen LogP contribution in [-0.4, -0.2) is 17.1 Å². The molecule has 1 heterocycles. The van der Waals surface area contributed by atoms with Crippen molar-refractivity contribution in [2.45, 2.75) is 20.4 Å². The third kappa shape index (κ3) is 2.62.